The zero-order valence-electron chi connectivity index (χ0n) is 24.4. The van der Waals surface area contributed by atoms with Gasteiger partial charge in [0.05, 0.1) is 39.2 Å². The van der Waals surface area contributed by atoms with Crippen LogP contribution in [0.5, 0.6) is 0 Å². The minimum absolute atomic E-state index is 0.00376. The molecule has 43 heavy (non-hydrogen) atoms. The maximum Gasteiger partial charge on any atom is 0.355 e. The number of benzene rings is 2. The highest BCUT2D eigenvalue weighted by Crippen LogP contribution is 2.37. The molecule has 0 unspecified atom stereocenters. The van der Waals surface area contributed by atoms with Crippen molar-refractivity contribution in [2.45, 2.75) is 32.7 Å². The number of carbonyl (C=O) groups excluding carboxylic acids is 1. The Balaban J connectivity index is 1.65. The third-order valence-corrected chi connectivity index (χ3v) is 8.34. The van der Waals surface area contributed by atoms with Crippen molar-refractivity contribution < 1.29 is 9.18 Å². The standard InChI is InChI=1S/C32H31ClFN7O2/c1-6-26(42)39-13-14-40(19(4)16-39)30-21-15-22(33)28(20-9-7-8-10-23(20)34)36-31(21)41(32(43)37-30)24-11-12-25-29(27(24)18(2)3)35-17-38(25)5/h6-12,15,17-19H,1,13-14,16H2,2-5H3/t19-/m0/s1. The van der Waals surface area contributed by atoms with Crippen molar-refractivity contribution >= 4 is 45.4 Å². The van der Waals surface area contributed by atoms with E-state index in [2.05, 4.69) is 16.5 Å². The van der Waals surface area contributed by atoms with Gasteiger partial charge in [-0.1, -0.05) is 44.2 Å². The second kappa shape index (κ2) is 10.9. The lowest BCUT2D eigenvalue weighted by Gasteiger charge is -2.40. The molecule has 2 aromatic carbocycles. The van der Waals surface area contributed by atoms with Crippen LogP contribution in [-0.4, -0.2) is 60.6 Å². The molecule has 0 N–H and O–H groups in total. The summed E-state index contributed by atoms with van der Waals surface area (Å²) in [6, 6.07) is 11.6. The second-order valence-corrected chi connectivity index (χ2v) is 11.5. The Morgan fingerprint density at radius 3 is 2.63 bits per heavy atom. The van der Waals surface area contributed by atoms with Crippen LogP contribution in [0.25, 0.3) is 39.0 Å². The minimum Gasteiger partial charge on any atom is -0.350 e. The second-order valence-electron chi connectivity index (χ2n) is 11.1. The molecule has 5 aromatic rings. The summed E-state index contributed by atoms with van der Waals surface area (Å²) in [5.41, 5.74) is 3.37. The van der Waals surface area contributed by atoms with Gasteiger partial charge in [-0.2, -0.15) is 4.98 Å². The molecule has 1 saturated heterocycles. The van der Waals surface area contributed by atoms with E-state index in [4.69, 9.17) is 16.6 Å². The number of anilines is 1. The van der Waals surface area contributed by atoms with Crippen molar-refractivity contribution in [3.8, 4) is 16.9 Å². The van der Waals surface area contributed by atoms with Crippen LogP contribution in [0.4, 0.5) is 10.2 Å². The number of hydrogen-bond acceptors (Lipinski definition) is 6. The molecule has 11 heteroatoms. The highest BCUT2D eigenvalue weighted by molar-refractivity contribution is 6.33. The number of aryl methyl sites for hydroxylation is 1. The van der Waals surface area contributed by atoms with E-state index in [9.17, 15) is 9.59 Å². The number of amides is 1. The van der Waals surface area contributed by atoms with Crippen LogP contribution in [-0.2, 0) is 11.8 Å². The van der Waals surface area contributed by atoms with Crippen LogP contribution in [0, 0.1) is 5.82 Å². The van der Waals surface area contributed by atoms with Gasteiger partial charge in [0.15, 0.2) is 5.65 Å². The van der Waals surface area contributed by atoms with Crippen molar-refractivity contribution in [3.63, 3.8) is 0 Å². The fourth-order valence-electron chi connectivity index (χ4n) is 5.96. The molecule has 1 aliphatic rings. The molecule has 220 valence electrons. The average Bonchev–Trinajstić information content (AvgIpc) is 3.36. The number of nitrogens with zero attached hydrogens (tertiary/aromatic N) is 7. The number of piperazine rings is 1. The highest BCUT2D eigenvalue weighted by atomic mass is 35.5. The Labute approximate surface area is 252 Å². The Morgan fingerprint density at radius 2 is 1.93 bits per heavy atom. The number of rotatable bonds is 5. The van der Waals surface area contributed by atoms with Crippen LogP contribution >= 0.6 is 11.6 Å². The lowest BCUT2D eigenvalue weighted by molar-refractivity contribution is -0.126. The lowest BCUT2D eigenvalue weighted by atomic mass is 9.99. The normalized spacial score (nSPS) is 15.6. The van der Waals surface area contributed by atoms with Crippen molar-refractivity contribution in [1.82, 2.24) is 29.0 Å². The predicted molar refractivity (Wildman–Crippen MR) is 167 cm³/mol. The number of carbonyl (C=O) groups is 1. The molecule has 1 fully saturated rings. The SMILES string of the molecule is C=CC(=O)N1CCN(c2nc(=O)n(-c3ccc4c(ncn4C)c3C(C)C)c3nc(-c4ccccc4F)c(Cl)cc23)[C@@H](C)C1. The molecule has 1 aliphatic heterocycles. The first-order valence-electron chi connectivity index (χ1n) is 14.1. The minimum atomic E-state index is -0.536. The number of fused-ring (bicyclic) bond motifs is 2. The number of hydrogen-bond donors (Lipinski definition) is 0. The van der Waals surface area contributed by atoms with Crippen molar-refractivity contribution in [2.24, 2.45) is 7.05 Å². The van der Waals surface area contributed by atoms with Crippen LogP contribution in [0.15, 0.2) is 66.2 Å². The van der Waals surface area contributed by atoms with Gasteiger partial charge < -0.3 is 14.4 Å². The molecule has 1 amide bonds. The largest absolute Gasteiger partial charge is 0.355 e. The van der Waals surface area contributed by atoms with E-state index >= 15 is 4.39 Å². The smallest absolute Gasteiger partial charge is 0.350 e. The molecular weight excluding hydrogens is 569 g/mol. The van der Waals surface area contributed by atoms with E-state index in [0.717, 1.165) is 16.6 Å². The van der Waals surface area contributed by atoms with Gasteiger partial charge in [0.25, 0.3) is 0 Å². The van der Waals surface area contributed by atoms with E-state index in [-0.39, 0.29) is 34.1 Å². The van der Waals surface area contributed by atoms with Gasteiger partial charge in [0, 0.05) is 43.9 Å². The van der Waals surface area contributed by atoms with Crippen molar-refractivity contribution in [1.29, 1.82) is 0 Å². The van der Waals surface area contributed by atoms with Gasteiger partial charge in [-0.3, -0.25) is 4.79 Å². The topological polar surface area (TPSA) is 89.2 Å². The first kappa shape index (κ1) is 28.5. The fourth-order valence-corrected chi connectivity index (χ4v) is 6.22. The van der Waals surface area contributed by atoms with Crippen LogP contribution in [0.3, 0.4) is 0 Å². The number of aromatic nitrogens is 5. The molecule has 0 aliphatic carbocycles. The average molecular weight is 600 g/mol. The molecule has 4 heterocycles. The number of imidazole rings is 1. The molecular formula is C32H31ClFN7O2. The maximum absolute atomic E-state index is 15.0. The zero-order chi connectivity index (χ0) is 30.6. The van der Waals surface area contributed by atoms with Crippen LogP contribution in [0.2, 0.25) is 5.02 Å². The van der Waals surface area contributed by atoms with E-state index < -0.39 is 11.5 Å². The first-order chi connectivity index (χ1) is 20.6. The zero-order valence-corrected chi connectivity index (χ0v) is 25.1. The summed E-state index contributed by atoms with van der Waals surface area (Å²) in [6.45, 7) is 11.0. The summed E-state index contributed by atoms with van der Waals surface area (Å²) in [6.07, 6.45) is 3.05. The Bertz CT molecular complexity index is 1980. The third-order valence-electron chi connectivity index (χ3n) is 8.05. The third kappa shape index (κ3) is 4.75. The summed E-state index contributed by atoms with van der Waals surface area (Å²) in [5.74, 6) is -0.211. The van der Waals surface area contributed by atoms with Gasteiger partial charge in [-0.25, -0.2) is 23.7 Å². The molecule has 0 bridgehead atoms. The number of pyridine rings is 1. The van der Waals surface area contributed by atoms with Crippen molar-refractivity contribution in [3.05, 3.63) is 88.3 Å². The van der Waals surface area contributed by atoms with Gasteiger partial charge in [-0.15, -0.1) is 0 Å². The Morgan fingerprint density at radius 1 is 1.16 bits per heavy atom. The van der Waals surface area contributed by atoms with Crippen LogP contribution in [0.1, 0.15) is 32.3 Å². The van der Waals surface area contributed by atoms with Gasteiger partial charge in [0.2, 0.25) is 5.91 Å². The van der Waals surface area contributed by atoms with Gasteiger partial charge >= 0.3 is 5.69 Å². The molecule has 6 rings (SSSR count). The summed E-state index contributed by atoms with van der Waals surface area (Å²) < 4.78 is 18.4. The quantitative estimate of drug-likeness (QED) is 0.249. The summed E-state index contributed by atoms with van der Waals surface area (Å²) in [5, 5.41) is 0.763. The van der Waals surface area contributed by atoms with E-state index in [1.165, 1.54) is 16.7 Å². The van der Waals surface area contributed by atoms with Crippen molar-refractivity contribution in [2.75, 3.05) is 24.5 Å². The van der Waals surface area contributed by atoms with Gasteiger partial charge in [-0.05, 0) is 49.2 Å². The molecule has 9 nitrogen and oxygen atoms in total. The number of halogens is 2. The predicted octanol–water partition coefficient (Wildman–Crippen LogP) is 5.47. The first-order valence-corrected chi connectivity index (χ1v) is 14.5. The highest BCUT2D eigenvalue weighted by Gasteiger charge is 2.30. The summed E-state index contributed by atoms with van der Waals surface area (Å²) in [7, 11) is 1.92. The molecule has 1 atom stereocenters. The Kier molecular flexibility index (Phi) is 7.25. The fraction of sp³-hybridized carbons (Fsp3) is 0.281. The summed E-state index contributed by atoms with van der Waals surface area (Å²) in [4.78, 5) is 44.3. The van der Waals surface area contributed by atoms with E-state index in [1.54, 1.807) is 35.5 Å². The van der Waals surface area contributed by atoms with Crippen LogP contribution < -0.4 is 10.6 Å². The Hall–Kier alpha value is -4.57. The van der Waals surface area contributed by atoms with E-state index in [0.29, 0.717) is 42.2 Å². The molecule has 0 saturated carbocycles. The molecule has 0 radical (unpaired) electrons. The molecule has 0 spiro atoms. The molecule has 3 aromatic heterocycles. The van der Waals surface area contributed by atoms with Gasteiger partial charge in [0.1, 0.15) is 11.6 Å². The van der Waals surface area contributed by atoms with E-state index in [1.807, 2.05) is 49.4 Å². The summed E-state index contributed by atoms with van der Waals surface area (Å²) >= 11 is 6.80. The monoisotopic (exact) mass is 599 g/mol. The lowest BCUT2D eigenvalue weighted by Crippen LogP contribution is -2.54. The maximum atomic E-state index is 15.0.